The molecule has 0 saturated heterocycles. The highest BCUT2D eigenvalue weighted by atomic mass is 16.6. The second-order valence-electron chi connectivity index (χ2n) is 3.51. The summed E-state index contributed by atoms with van der Waals surface area (Å²) in [5, 5.41) is 0. The first-order valence-electron chi connectivity index (χ1n) is 5.16. The van der Waals surface area contributed by atoms with Gasteiger partial charge in [-0.05, 0) is 31.5 Å². The first-order valence-corrected chi connectivity index (χ1v) is 5.16. The SMILES string of the molecule is COC(=O)COc1ccc(C)cc1CCN. The Labute approximate surface area is 95.3 Å². The smallest absolute Gasteiger partial charge is 0.343 e. The lowest BCUT2D eigenvalue weighted by Gasteiger charge is -2.10. The van der Waals surface area contributed by atoms with E-state index in [1.54, 1.807) is 0 Å². The molecule has 0 unspecified atom stereocenters. The Morgan fingerprint density at radius 1 is 1.44 bits per heavy atom. The van der Waals surface area contributed by atoms with Gasteiger partial charge in [-0.1, -0.05) is 17.7 Å². The summed E-state index contributed by atoms with van der Waals surface area (Å²) in [6.45, 7) is 2.49. The monoisotopic (exact) mass is 223 g/mol. The minimum Gasteiger partial charge on any atom is -0.482 e. The summed E-state index contributed by atoms with van der Waals surface area (Å²) in [5.41, 5.74) is 7.68. The first-order chi connectivity index (χ1) is 7.67. The maximum atomic E-state index is 10.9. The van der Waals surface area contributed by atoms with Gasteiger partial charge in [0.05, 0.1) is 7.11 Å². The van der Waals surface area contributed by atoms with E-state index >= 15 is 0 Å². The summed E-state index contributed by atoms with van der Waals surface area (Å²) in [4.78, 5) is 10.9. The third-order valence-electron chi connectivity index (χ3n) is 2.20. The molecule has 88 valence electrons. The predicted molar refractivity (Wildman–Crippen MR) is 61.4 cm³/mol. The van der Waals surface area contributed by atoms with E-state index in [4.69, 9.17) is 10.5 Å². The Kier molecular flexibility index (Phi) is 4.79. The van der Waals surface area contributed by atoms with E-state index in [0.717, 1.165) is 17.5 Å². The van der Waals surface area contributed by atoms with Gasteiger partial charge < -0.3 is 15.2 Å². The largest absolute Gasteiger partial charge is 0.482 e. The molecule has 16 heavy (non-hydrogen) atoms. The van der Waals surface area contributed by atoms with Crippen molar-refractivity contribution in [1.82, 2.24) is 0 Å². The molecular formula is C12H17NO3. The molecule has 1 rings (SSSR count). The van der Waals surface area contributed by atoms with Crippen molar-refractivity contribution in [1.29, 1.82) is 0 Å². The Balaban J connectivity index is 2.73. The maximum Gasteiger partial charge on any atom is 0.343 e. The normalized spacial score (nSPS) is 9.94. The van der Waals surface area contributed by atoms with Crippen molar-refractivity contribution < 1.29 is 14.3 Å². The Hall–Kier alpha value is -1.55. The van der Waals surface area contributed by atoms with Crippen LogP contribution in [0.2, 0.25) is 0 Å². The molecule has 0 saturated carbocycles. The molecule has 0 aliphatic heterocycles. The number of hydrogen-bond acceptors (Lipinski definition) is 4. The average molecular weight is 223 g/mol. The van der Waals surface area contributed by atoms with Crippen molar-refractivity contribution >= 4 is 5.97 Å². The number of esters is 1. The molecule has 0 atom stereocenters. The highest BCUT2D eigenvalue weighted by Crippen LogP contribution is 2.20. The summed E-state index contributed by atoms with van der Waals surface area (Å²) in [5.74, 6) is 0.306. The Morgan fingerprint density at radius 2 is 2.19 bits per heavy atom. The molecule has 0 amide bonds. The Morgan fingerprint density at radius 3 is 2.81 bits per heavy atom. The lowest BCUT2D eigenvalue weighted by atomic mass is 10.1. The van der Waals surface area contributed by atoms with Gasteiger partial charge in [-0.2, -0.15) is 0 Å². The van der Waals surface area contributed by atoms with Crippen molar-refractivity contribution in [3.8, 4) is 5.75 Å². The standard InChI is InChI=1S/C12H17NO3/c1-9-3-4-11(10(7-9)5-6-13)16-8-12(14)15-2/h3-4,7H,5-6,8,13H2,1-2H3. The van der Waals surface area contributed by atoms with Gasteiger partial charge in [0.25, 0.3) is 0 Å². The third kappa shape index (κ3) is 3.55. The molecule has 4 heteroatoms. The molecular weight excluding hydrogens is 206 g/mol. The van der Waals surface area contributed by atoms with Crippen LogP contribution in [-0.2, 0) is 16.0 Å². The highest BCUT2D eigenvalue weighted by Gasteiger charge is 2.06. The van der Waals surface area contributed by atoms with E-state index in [1.807, 2.05) is 25.1 Å². The van der Waals surface area contributed by atoms with Crippen LogP contribution in [0.15, 0.2) is 18.2 Å². The van der Waals surface area contributed by atoms with Crippen LogP contribution >= 0.6 is 0 Å². The van der Waals surface area contributed by atoms with Crippen LogP contribution in [0.1, 0.15) is 11.1 Å². The summed E-state index contributed by atoms with van der Waals surface area (Å²) in [6.07, 6.45) is 0.734. The minimum absolute atomic E-state index is 0.0723. The number of carbonyl (C=O) groups excluding carboxylic acids is 1. The maximum absolute atomic E-state index is 10.9. The van der Waals surface area contributed by atoms with Crippen LogP contribution in [0, 0.1) is 6.92 Å². The number of rotatable bonds is 5. The lowest BCUT2D eigenvalue weighted by Crippen LogP contribution is -2.14. The zero-order valence-electron chi connectivity index (χ0n) is 9.66. The van der Waals surface area contributed by atoms with Crippen molar-refractivity contribution in [3.05, 3.63) is 29.3 Å². The van der Waals surface area contributed by atoms with E-state index in [1.165, 1.54) is 7.11 Å². The minimum atomic E-state index is -0.390. The molecule has 0 aliphatic carbocycles. The van der Waals surface area contributed by atoms with Crippen LogP contribution in [0.4, 0.5) is 0 Å². The Bertz CT molecular complexity index is 363. The fourth-order valence-corrected chi connectivity index (χ4v) is 1.40. The number of nitrogens with two attached hydrogens (primary N) is 1. The van der Waals surface area contributed by atoms with Gasteiger partial charge in [0.1, 0.15) is 5.75 Å². The van der Waals surface area contributed by atoms with E-state index in [9.17, 15) is 4.79 Å². The molecule has 1 aromatic rings. The van der Waals surface area contributed by atoms with E-state index in [-0.39, 0.29) is 12.6 Å². The van der Waals surface area contributed by atoms with Gasteiger partial charge in [0.15, 0.2) is 6.61 Å². The summed E-state index contributed by atoms with van der Waals surface area (Å²) in [7, 11) is 1.33. The summed E-state index contributed by atoms with van der Waals surface area (Å²) >= 11 is 0. The summed E-state index contributed by atoms with van der Waals surface area (Å²) in [6, 6.07) is 5.80. The molecule has 0 aromatic heterocycles. The average Bonchev–Trinajstić information content (AvgIpc) is 2.28. The highest BCUT2D eigenvalue weighted by molar-refractivity contribution is 5.70. The lowest BCUT2D eigenvalue weighted by molar-refractivity contribution is -0.142. The molecule has 0 bridgehead atoms. The fraction of sp³-hybridized carbons (Fsp3) is 0.417. The number of ether oxygens (including phenoxy) is 2. The van der Waals surface area contributed by atoms with Gasteiger partial charge >= 0.3 is 5.97 Å². The molecule has 0 heterocycles. The molecule has 1 aromatic carbocycles. The number of benzene rings is 1. The molecule has 0 aliphatic rings. The molecule has 0 fully saturated rings. The zero-order chi connectivity index (χ0) is 12.0. The number of aryl methyl sites for hydroxylation is 1. The first kappa shape index (κ1) is 12.5. The third-order valence-corrected chi connectivity index (χ3v) is 2.20. The van der Waals surface area contributed by atoms with Gasteiger partial charge in [-0.25, -0.2) is 4.79 Å². The topological polar surface area (TPSA) is 61.5 Å². The van der Waals surface area contributed by atoms with E-state index in [2.05, 4.69) is 4.74 Å². The predicted octanol–water partition coefficient (Wildman–Crippen LogP) is 1.05. The van der Waals surface area contributed by atoms with Crippen molar-refractivity contribution in [2.24, 2.45) is 5.73 Å². The van der Waals surface area contributed by atoms with Crippen LogP contribution < -0.4 is 10.5 Å². The molecule has 2 N–H and O–H groups in total. The second-order valence-corrected chi connectivity index (χ2v) is 3.51. The molecule has 4 nitrogen and oxygen atoms in total. The van der Waals surface area contributed by atoms with Crippen molar-refractivity contribution in [2.75, 3.05) is 20.3 Å². The summed E-state index contributed by atoms with van der Waals surface area (Å²) < 4.78 is 9.87. The van der Waals surface area contributed by atoms with Crippen molar-refractivity contribution in [2.45, 2.75) is 13.3 Å². The number of methoxy groups -OCH3 is 1. The van der Waals surface area contributed by atoms with E-state index in [0.29, 0.717) is 12.3 Å². The van der Waals surface area contributed by atoms with E-state index < -0.39 is 0 Å². The quantitative estimate of drug-likeness (QED) is 0.758. The molecule has 0 spiro atoms. The second kappa shape index (κ2) is 6.12. The van der Waals surface area contributed by atoms with Crippen LogP contribution in [0.25, 0.3) is 0 Å². The fourth-order valence-electron chi connectivity index (χ4n) is 1.40. The van der Waals surface area contributed by atoms with Crippen LogP contribution in [0.3, 0.4) is 0 Å². The van der Waals surface area contributed by atoms with Gasteiger partial charge in [0, 0.05) is 0 Å². The van der Waals surface area contributed by atoms with Crippen LogP contribution in [-0.4, -0.2) is 26.2 Å². The van der Waals surface area contributed by atoms with Gasteiger partial charge in [0.2, 0.25) is 0 Å². The zero-order valence-corrected chi connectivity index (χ0v) is 9.66. The van der Waals surface area contributed by atoms with Crippen LogP contribution in [0.5, 0.6) is 5.75 Å². The number of hydrogen-bond donors (Lipinski definition) is 1. The van der Waals surface area contributed by atoms with Gasteiger partial charge in [-0.15, -0.1) is 0 Å². The molecule has 0 radical (unpaired) electrons. The number of carbonyl (C=O) groups is 1. The van der Waals surface area contributed by atoms with Crippen molar-refractivity contribution in [3.63, 3.8) is 0 Å². The van der Waals surface area contributed by atoms with Gasteiger partial charge in [-0.3, -0.25) is 0 Å².